The van der Waals surface area contributed by atoms with E-state index in [1.54, 1.807) is 13.0 Å². The summed E-state index contributed by atoms with van der Waals surface area (Å²) in [6, 6.07) is 2.60. The highest BCUT2D eigenvalue weighted by Crippen LogP contribution is 2.36. The van der Waals surface area contributed by atoms with Gasteiger partial charge in [-0.3, -0.25) is 4.79 Å². The molecule has 0 saturated carbocycles. The first kappa shape index (κ1) is 14.7. The van der Waals surface area contributed by atoms with Crippen LogP contribution in [0, 0.1) is 5.82 Å². The van der Waals surface area contributed by atoms with Crippen molar-refractivity contribution in [1.29, 1.82) is 0 Å². The molecule has 1 aromatic carbocycles. The minimum absolute atomic E-state index is 0.0256. The number of carbonyl (C=O) groups excluding carboxylic acids is 1. The maximum Gasteiger partial charge on any atom is 0.246 e. The SMILES string of the molecule is COCC(=O)NC1CCOc2c(F)cc(C(C)N)cc21. The molecule has 2 rings (SSSR count). The van der Waals surface area contributed by atoms with Crippen LogP contribution in [0.1, 0.15) is 36.6 Å². The zero-order chi connectivity index (χ0) is 14.7. The molecule has 1 aromatic rings. The molecule has 0 radical (unpaired) electrons. The first-order valence-electron chi connectivity index (χ1n) is 6.53. The Morgan fingerprint density at radius 3 is 3.05 bits per heavy atom. The van der Waals surface area contributed by atoms with Gasteiger partial charge in [0.2, 0.25) is 5.91 Å². The number of ether oxygens (including phenoxy) is 2. The third kappa shape index (κ3) is 3.08. The summed E-state index contributed by atoms with van der Waals surface area (Å²) in [4.78, 5) is 11.6. The van der Waals surface area contributed by atoms with E-state index >= 15 is 0 Å². The van der Waals surface area contributed by atoms with E-state index in [-0.39, 0.29) is 30.3 Å². The van der Waals surface area contributed by atoms with Gasteiger partial charge in [0.05, 0.1) is 12.6 Å². The molecule has 2 unspecified atom stereocenters. The average molecular weight is 282 g/mol. The molecule has 6 heteroatoms. The van der Waals surface area contributed by atoms with Gasteiger partial charge in [-0.05, 0) is 24.6 Å². The Hall–Kier alpha value is -1.66. The molecule has 110 valence electrons. The van der Waals surface area contributed by atoms with E-state index in [1.807, 2.05) is 0 Å². The van der Waals surface area contributed by atoms with Crippen molar-refractivity contribution in [3.05, 3.63) is 29.1 Å². The molecule has 1 heterocycles. The minimum Gasteiger partial charge on any atom is -0.490 e. The van der Waals surface area contributed by atoms with E-state index in [0.29, 0.717) is 24.2 Å². The Labute approximate surface area is 117 Å². The van der Waals surface area contributed by atoms with Gasteiger partial charge in [-0.2, -0.15) is 0 Å². The summed E-state index contributed by atoms with van der Waals surface area (Å²) in [7, 11) is 1.45. The molecule has 1 aliphatic heterocycles. The van der Waals surface area contributed by atoms with Crippen LogP contribution in [0.25, 0.3) is 0 Å². The van der Waals surface area contributed by atoms with Crippen LogP contribution in [0.4, 0.5) is 4.39 Å². The van der Waals surface area contributed by atoms with Crippen molar-refractivity contribution in [2.45, 2.75) is 25.4 Å². The fourth-order valence-electron chi connectivity index (χ4n) is 2.26. The summed E-state index contributed by atoms with van der Waals surface area (Å²) in [5.41, 5.74) is 7.11. The topological polar surface area (TPSA) is 73.6 Å². The van der Waals surface area contributed by atoms with Crippen LogP contribution in [0.5, 0.6) is 5.75 Å². The molecular weight excluding hydrogens is 263 g/mol. The molecule has 0 aromatic heterocycles. The summed E-state index contributed by atoms with van der Waals surface area (Å²) in [5.74, 6) is -0.485. The van der Waals surface area contributed by atoms with E-state index in [2.05, 4.69) is 5.32 Å². The van der Waals surface area contributed by atoms with Crippen molar-refractivity contribution >= 4 is 5.91 Å². The number of halogens is 1. The van der Waals surface area contributed by atoms with Gasteiger partial charge in [-0.1, -0.05) is 0 Å². The van der Waals surface area contributed by atoms with E-state index in [9.17, 15) is 9.18 Å². The lowest BCUT2D eigenvalue weighted by Gasteiger charge is -2.28. The minimum atomic E-state index is -0.444. The van der Waals surface area contributed by atoms with Crippen molar-refractivity contribution in [3.8, 4) is 5.75 Å². The molecular formula is C14H19FN2O3. The lowest BCUT2D eigenvalue weighted by molar-refractivity contribution is -0.125. The van der Waals surface area contributed by atoms with Crippen LogP contribution >= 0.6 is 0 Å². The number of nitrogens with one attached hydrogen (secondary N) is 1. The fraction of sp³-hybridized carbons (Fsp3) is 0.500. The number of hydrogen-bond donors (Lipinski definition) is 2. The van der Waals surface area contributed by atoms with Crippen LogP contribution in [0.15, 0.2) is 12.1 Å². The van der Waals surface area contributed by atoms with Gasteiger partial charge >= 0.3 is 0 Å². The zero-order valence-electron chi connectivity index (χ0n) is 11.6. The maximum absolute atomic E-state index is 14.0. The van der Waals surface area contributed by atoms with Gasteiger partial charge in [0, 0.05) is 25.1 Å². The molecule has 20 heavy (non-hydrogen) atoms. The normalized spacial score (nSPS) is 18.9. The fourth-order valence-corrected chi connectivity index (χ4v) is 2.26. The summed E-state index contributed by atoms with van der Waals surface area (Å²) in [6.45, 7) is 2.12. The predicted molar refractivity (Wildman–Crippen MR) is 71.9 cm³/mol. The summed E-state index contributed by atoms with van der Waals surface area (Å²) >= 11 is 0. The number of fused-ring (bicyclic) bond motifs is 1. The highest BCUT2D eigenvalue weighted by atomic mass is 19.1. The molecule has 0 fully saturated rings. The van der Waals surface area contributed by atoms with Gasteiger partial charge < -0.3 is 20.5 Å². The smallest absolute Gasteiger partial charge is 0.246 e. The molecule has 2 atom stereocenters. The van der Waals surface area contributed by atoms with E-state index < -0.39 is 5.82 Å². The number of hydrogen-bond acceptors (Lipinski definition) is 4. The number of amides is 1. The Kier molecular flexibility index (Phi) is 4.57. The molecule has 3 N–H and O–H groups in total. The van der Waals surface area contributed by atoms with Crippen molar-refractivity contribution < 1.29 is 18.7 Å². The van der Waals surface area contributed by atoms with Crippen LogP contribution in [-0.2, 0) is 9.53 Å². The van der Waals surface area contributed by atoms with Crippen LogP contribution in [0.3, 0.4) is 0 Å². The Bertz CT molecular complexity index is 505. The van der Waals surface area contributed by atoms with E-state index in [4.69, 9.17) is 15.2 Å². The Morgan fingerprint density at radius 2 is 2.40 bits per heavy atom. The van der Waals surface area contributed by atoms with Gasteiger partial charge in [0.15, 0.2) is 11.6 Å². The standard InChI is InChI=1S/C14H19FN2O3/c1-8(16)9-5-10-12(17-13(18)7-19-2)3-4-20-14(10)11(15)6-9/h5-6,8,12H,3-4,7,16H2,1-2H3,(H,17,18). The van der Waals surface area contributed by atoms with Gasteiger partial charge in [0.25, 0.3) is 0 Å². The lowest BCUT2D eigenvalue weighted by Crippen LogP contribution is -2.34. The molecule has 1 aliphatic rings. The number of methoxy groups -OCH3 is 1. The molecule has 1 amide bonds. The van der Waals surface area contributed by atoms with Crippen LogP contribution in [0.2, 0.25) is 0 Å². The highest BCUT2D eigenvalue weighted by molar-refractivity contribution is 5.77. The lowest BCUT2D eigenvalue weighted by atomic mass is 9.96. The Balaban J connectivity index is 2.31. The molecule has 0 saturated heterocycles. The second kappa shape index (κ2) is 6.19. The number of carbonyl (C=O) groups is 1. The van der Waals surface area contributed by atoms with E-state index in [0.717, 1.165) is 0 Å². The monoisotopic (exact) mass is 282 g/mol. The van der Waals surface area contributed by atoms with Gasteiger partial charge in [0.1, 0.15) is 6.61 Å². The third-order valence-electron chi connectivity index (χ3n) is 3.26. The summed E-state index contributed by atoms with van der Waals surface area (Å²) in [5, 5.41) is 2.82. The predicted octanol–water partition coefficient (Wildman–Crippen LogP) is 1.43. The number of nitrogens with two attached hydrogens (primary N) is 1. The van der Waals surface area contributed by atoms with Crippen molar-refractivity contribution in [2.75, 3.05) is 20.3 Å². The second-order valence-corrected chi connectivity index (χ2v) is 4.90. The quantitative estimate of drug-likeness (QED) is 0.876. The maximum atomic E-state index is 14.0. The molecule has 5 nitrogen and oxygen atoms in total. The number of benzene rings is 1. The average Bonchev–Trinajstić information content (AvgIpc) is 2.39. The summed E-state index contributed by atoms with van der Waals surface area (Å²) in [6.07, 6.45) is 0.588. The van der Waals surface area contributed by atoms with E-state index in [1.165, 1.54) is 13.2 Å². The third-order valence-corrected chi connectivity index (χ3v) is 3.26. The van der Waals surface area contributed by atoms with Gasteiger partial charge in [-0.25, -0.2) is 4.39 Å². The van der Waals surface area contributed by atoms with Crippen LogP contribution in [-0.4, -0.2) is 26.2 Å². The second-order valence-electron chi connectivity index (χ2n) is 4.90. The van der Waals surface area contributed by atoms with Crippen LogP contribution < -0.4 is 15.8 Å². The Morgan fingerprint density at radius 1 is 1.65 bits per heavy atom. The van der Waals surface area contributed by atoms with Crippen molar-refractivity contribution in [3.63, 3.8) is 0 Å². The largest absolute Gasteiger partial charge is 0.490 e. The zero-order valence-corrected chi connectivity index (χ0v) is 11.6. The summed E-state index contributed by atoms with van der Waals surface area (Å²) < 4.78 is 24.2. The molecule has 0 aliphatic carbocycles. The van der Waals surface area contributed by atoms with Gasteiger partial charge in [-0.15, -0.1) is 0 Å². The van der Waals surface area contributed by atoms with Crippen molar-refractivity contribution in [1.82, 2.24) is 5.32 Å². The first-order valence-corrected chi connectivity index (χ1v) is 6.53. The highest BCUT2D eigenvalue weighted by Gasteiger charge is 2.26. The first-order chi connectivity index (χ1) is 9.52. The number of rotatable bonds is 4. The molecule has 0 bridgehead atoms. The molecule has 0 spiro atoms. The van der Waals surface area contributed by atoms with Crippen molar-refractivity contribution in [2.24, 2.45) is 5.73 Å².